The Morgan fingerprint density at radius 3 is 2.23 bits per heavy atom. The number of rotatable bonds is 0. The first-order valence-electron chi connectivity index (χ1n) is 4.60. The van der Waals surface area contributed by atoms with Gasteiger partial charge in [-0.3, -0.25) is 9.59 Å². The van der Waals surface area contributed by atoms with Gasteiger partial charge in [0.25, 0.3) is 0 Å². The summed E-state index contributed by atoms with van der Waals surface area (Å²) in [7, 11) is 0. The van der Waals surface area contributed by atoms with Crippen LogP contribution in [0.4, 0.5) is 0 Å². The van der Waals surface area contributed by atoms with Gasteiger partial charge in [-0.25, -0.2) is 0 Å². The van der Waals surface area contributed by atoms with Crippen LogP contribution in [0.5, 0.6) is 0 Å². The largest absolute Gasteiger partial charge is 0.291 e. The fraction of sp³-hybridized carbons (Fsp3) is 0.636. The summed E-state index contributed by atoms with van der Waals surface area (Å²) in [4.78, 5) is 22.5. The van der Waals surface area contributed by atoms with Gasteiger partial charge in [0.15, 0.2) is 0 Å². The zero-order valence-corrected chi connectivity index (χ0v) is 8.68. The molecule has 0 aliphatic heterocycles. The molecular formula is C11H16O2. The predicted molar refractivity (Wildman–Crippen MR) is 51.3 cm³/mol. The summed E-state index contributed by atoms with van der Waals surface area (Å²) in [6.07, 6.45) is 2.25. The van der Waals surface area contributed by atoms with Crippen LogP contribution in [0.1, 0.15) is 34.1 Å². The van der Waals surface area contributed by atoms with Crippen molar-refractivity contribution in [1.29, 1.82) is 0 Å². The Morgan fingerprint density at radius 2 is 1.85 bits per heavy atom. The number of hydrogen-bond donors (Lipinski definition) is 0. The topological polar surface area (TPSA) is 34.1 Å². The van der Waals surface area contributed by atoms with Crippen LogP contribution in [-0.4, -0.2) is 11.6 Å². The molecule has 0 aromatic rings. The fourth-order valence-electron chi connectivity index (χ4n) is 1.47. The lowest BCUT2D eigenvalue weighted by molar-refractivity contribution is -0.138. The van der Waals surface area contributed by atoms with Crippen molar-refractivity contribution in [2.24, 2.45) is 11.3 Å². The molecule has 72 valence electrons. The molecule has 1 unspecified atom stereocenters. The first kappa shape index (κ1) is 10.2. The lowest BCUT2D eigenvalue weighted by Gasteiger charge is -2.26. The van der Waals surface area contributed by atoms with Gasteiger partial charge >= 0.3 is 0 Å². The zero-order valence-electron chi connectivity index (χ0n) is 8.68. The van der Waals surface area contributed by atoms with Gasteiger partial charge in [-0.15, -0.1) is 0 Å². The van der Waals surface area contributed by atoms with Crippen molar-refractivity contribution >= 4 is 11.6 Å². The van der Waals surface area contributed by atoms with Crippen molar-refractivity contribution in [2.75, 3.05) is 0 Å². The molecule has 0 radical (unpaired) electrons. The second kappa shape index (κ2) is 3.09. The first-order valence-corrected chi connectivity index (χ1v) is 4.60. The van der Waals surface area contributed by atoms with Crippen LogP contribution < -0.4 is 0 Å². The maximum atomic E-state index is 11.3. The number of Topliss-reactive ketones (excluding diaryl/α,β-unsaturated/α-hetero) is 2. The summed E-state index contributed by atoms with van der Waals surface area (Å²) in [5, 5.41) is 0. The third-order valence-electron chi connectivity index (χ3n) is 2.45. The summed E-state index contributed by atoms with van der Waals surface area (Å²) in [5.41, 5.74) is 1.09. The van der Waals surface area contributed by atoms with E-state index in [1.807, 2.05) is 6.08 Å². The van der Waals surface area contributed by atoms with Crippen LogP contribution in [0.25, 0.3) is 0 Å². The van der Waals surface area contributed by atoms with Gasteiger partial charge < -0.3 is 0 Å². The lowest BCUT2D eigenvalue weighted by atomic mass is 9.77. The molecule has 0 saturated heterocycles. The molecule has 0 heterocycles. The van der Waals surface area contributed by atoms with Gasteiger partial charge in [0.1, 0.15) is 0 Å². The highest BCUT2D eigenvalue weighted by molar-refractivity contribution is 6.39. The first-order chi connectivity index (χ1) is 5.82. The SMILES string of the molecule is CC1C=C(C(C)(C)C)CC(=O)C1=O. The van der Waals surface area contributed by atoms with Gasteiger partial charge in [-0.1, -0.05) is 39.3 Å². The van der Waals surface area contributed by atoms with Crippen molar-refractivity contribution in [3.63, 3.8) is 0 Å². The van der Waals surface area contributed by atoms with E-state index >= 15 is 0 Å². The maximum Gasteiger partial charge on any atom is 0.205 e. The van der Waals surface area contributed by atoms with Crippen molar-refractivity contribution in [1.82, 2.24) is 0 Å². The second-order valence-corrected chi connectivity index (χ2v) is 4.69. The molecule has 1 rings (SSSR count). The quantitative estimate of drug-likeness (QED) is 0.423. The number of ketones is 2. The second-order valence-electron chi connectivity index (χ2n) is 4.69. The van der Waals surface area contributed by atoms with E-state index < -0.39 is 0 Å². The molecule has 0 spiro atoms. The number of carbonyl (C=O) groups excluding carboxylic acids is 2. The Balaban J connectivity index is 2.98. The average Bonchev–Trinajstić information content (AvgIpc) is 1.97. The third kappa shape index (κ3) is 2.06. The van der Waals surface area contributed by atoms with Gasteiger partial charge in [-0.2, -0.15) is 0 Å². The average molecular weight is 180 g/mol. The van der Waals surface area contributed by atoms with Crippen LogP contribution in [0.2, 0.25) is 0 Å². The molecule has 0 N–H and O–H groups in total. The van der Waals surface area contributed by atoms with E-state index in [1.165, 1.54) is 0 Å². The van der Waals surface area contributed by atoms with Gasteiger partial charge in [0.2, 0.25) is 11.6 Å². The van der Waals surface area contributed by atoms with Crippen molar-refractivity contribution < 1.29 is 9.59 Å². The minimum absolute atomic E-state index is 0.00458. The third-order valence-corrected chi connectivity index (χ3v) is 2.45. The van der Waals surface area contributed by atoms with E-state index in [9.17, 15) is 9.59 Å². The van der Waals surface area contributed by atoms with Crippen molar-refractivity contribution in [2.45, 2.75) is 34.1 Å². The molecule has 0 fully saturated rings. The monoisotopic (exact) mass is 180 g/mol. The van der Waals surface area contributed by atoms with Crippen LogP contribution in [0.3, 0.4) is 0 Å². The number of hydrogen-bond acceptors (Lipinski definition) is 2. The predicted octanol–water partition coefficient (Wildman–Crippen LogP) is 2.14. The molecule has 2 heteroatoms. The Bertz CT molecular complexity index is 279. The molecule has 2 nitrogen and oxygen atoms in total. The summed E-state index contributed by atoms with van der Waals surface area (Å²) in [5.74, 6) is -0.705. The van der Waals surface area contributed by atoms with E-state index in [4.69, 9.17) is 0 Å². The Morgan fingerprint density at radius 1 is 1.31 bits per heavy atom. The lowest BCUT2D eigenvalue weighted by Crippen LogP contribution is -2.29. The fourth-order valence-corrected chi connectivity index (χ4v) is 1.47. The number of carbonyl (C=O) groups is 2. The molecule has 0 bridgehead atoms. The van der Waals surface area contributed by atoms with Crippen LogP contribution >= 0.6 is 0 Å². The van der Waals surface area contributed by atoms with E-state index in [-0.39, 0.29) is 22.9 Å². The molecule has 0 amide bonds. The molecule has 0 aromatic carbocycles. The molecule has 0 aromatic heterocycles. The van der Waals surface area contributed by atoms with Gasteiger partial charge in [0.05, 0.1) is 0 Å². The standard InChI is InChI=1S/C11H16O2/c1-7-5-8(11(2,3)4)6-9(12)10(7)13/h5,7H,6H2,1-4H3. The minimum atomic E-state index is -0.243. The molecule has 1 aliphatic carbocycles. The van der Waals surface area contributed by atoms with Crippen LogP contribution in [0, 0.1) is 11.3 Å². The highest BCUT2D eigenvalue weighted by Gasteiger charge is 2.30. The molecular weight excluding hydrogens is 164 g/mol. The van der Waals surface area contributed by atoms with E-state index in [1.54, 1.807) is 6.92 Å². The molecule has 1 aliphatic rings. The van der Waals surface area contributed by atoms with Gasteiger partial charge in [0, 0.05) is 12.3 Å². The Hall–Kier alpha value is -0.920. The van der Waals surface area contributed by atoms with Gasteiger partial charge in [-0.05, 0) is 5.41 Å². The maximum absolute atomic E-state index is 11.3. The summed E-state index contributed by atoms with van der Waals surface area (Å²) in [6.45, 7) is 7.98. The van der Waals surface area contributed by atoms with Crippen LogP contribution in [0.15, 0.2) is 11.6 Å². The summed E-state index contributed by atoms with van der Waals surface area (Å²) in [6, 6.07) is 0. The molecule has 0 saturated carbocycles. The van der Waals surface area contributed by atoms with E-state index in [0.29, 0.717) is 6.42 Å². The van der Waals surface area contributed by atoms with E-state index in [2.05, 4.69) is 20.8 Å². The smallest absolute Gasteiger partial charge is 0.205 e. The summed E-state index contributed by atoms with van der Waals surface area (Å²) < 4.78 is 0. The minimum Gasteiger partial charge on any atom is -0.291 e. The Kier molecular flexibility index (Phi) is 2.42. The van der Waals surface area contributed by atoms with Crippen molar-refractivity contribution in [3.8, 4) is 0 Å². The normalized spacial score (nSPS) is 24.6. The molecule has 13 heavy (non-hydrogen) atoms. The Labute approximate surface area is 79.0 Å². The summed E-state index contributed by atoms with van der Waals surface area (Å²) >= 11 is 0. The molecule has 1 atom stereocenters. The van der Waals surface area contributed by atoms with E-state index in [0.717, 1.165) is 5.57 Å². The zero-order chi connectivity index (χ0) is 10.2. The number of allylic oxidation sites excluding steroid dienone is 2. The highest BCUT2D eigenvalue weighted by atomic mass is 16.2. The van der Waals surface area contributed by atoms with Crippen molar-refractivity contribution in [3.05, 3.63) is 11.6 Å². The van der Waals surface area contributed by atoms with Crippen LogP contribution in [-0.2, 0) is 9.59 Å². The highest BCUT2D eigenvalue weighted by Crippen LogP contribution is 2.32.